The summed E-state index contributed by atoms with van der Waals surface area (Å²) in [5, 5.41) is 6.02. The number of amides is 1. The minimum atomic E-state index is -0.0787. The van der Waals surface area contributed by atoms with Crippen LogP contribution in [0.3, 0.4) is 0 Å². The predicted molar refractivity (Wildman–Crippen MR) is 73.2 cm³/mol. The van der Waals surface area contributed by atoms with E-state index in [0.29, 0.717) is 18.7 Å². The molecular weight excluding hydrogens is 244 g/mol. The maximum atomic E-state index is 11.9. The Hall–Kier alpha value is -1.92. The van der Waals surface area contributed by atoms with Gasteiger partial charge in [-0.15, -0.1) is 0 Å². The van der Waals surface area contributed by atoms with Crippen LogP contribution in [0.15, 0.2) is 24.5 Å². The van der Waals surface area contributed by atoms with Crippen molar-refractivity contribution >= 4 is 16.9 Å². The number of ether oxygens (including phenoxy) is 1. The molecule has 102 valence electrons. The molecule has 1 heterocycles. The summed E-state index contributed by atoms with van der Waals surface area (Å²) in [5.74, 6) is -0.0787. The maximum Gasteiger partial charge on any atom is 0.251 e. The van der Waals surface area contributed by atoms with Gasteiger partial charge in [-0.25, -0.2) is 4.98 Å². The zero-order chi connectivity index (χ0) is 13.5. The fraction of sp³-hybridized carbons (Fsp3) is 0.385. The quantitative estimate of drug-likeness (QED) is 0.636. The Morgan fingerprint density at radius 3 is 3.11 bits per heavy atom. The smallest absolute Gasteiger partial charge is 0.251 e. The third kappa shape index (κ3) is 3.77. The van der Waals surface area contributed by atoms with Crippen molar-refractivity contribution in [3.8, 4) is 0 Å². The van der Waals surface area contributed by atoms with E-state index in [2.05, 4.69) is 20.6 Å². The van der Waals surface area contributed by atoms with E-state index in [1.807, 2.05) is 6.07 Å². The molecule has 0 aliphatic rings. The first-order chi connectivity index (χ1) is 9.31. The molecule has 1 aromatic carbocycles. The van der Waals surface area contributed by atoms with Crippen LogP contribution in [0.2, 0.25) is 0 Å². The van der Waals surface area contributed by atoms with Crippen LogP contribution in [-0.4, -0.2) is 49.2 Å². The first-order valence-electron chi connectivity index (χ1n) is 6.22. The zero-order valence-electron chi connectivity index (χ0n) is 10.9. The number of hydrogen-bond donors (Lipinski definition) is 3. The number of rotatable bonds is 7. The standard InChI is InChI=1S/C13H18N4O2/c1-19-7-6-14-4-5-15-13(18)10-2-3-11-12(8-10)17-9-16-11/h2-3,8-9,14H,4-7H2,1H3,(H,15,18)(H,16,17). The molecule has 6 nitrogen and oxygen atoms in total. The molecule has 3 N–H and O–H groups in total. The van der Waals surface area contributed by atoms with Crippen molar-refractivity contribution in [1.29, 1.82) is 0 Å². The first kappa shape index (κ1) is 13.5. The number of carbonyl (C=O) groups excluding carboxylic acids is 1. The number of aromatic amines is 1. The number of carbonyl (C=O) groups is 1. The number of nitrogens with one attached hydrogen (secondary N) is 3. The van der Waals surface area contributed by atoms with Gasteiger partial charge in [-0.05, 0) is 18.2 Å². The van der Waals surface area contributed by atoms with Crippen LogP contribution >= 0.6 is 0 Å². The van der Waals surface area contributed by atoms with Gasteiger partial charge in [0.1, 0.15) is 0 Å². The van der Waals surface area contributed by atoms with Crippen molar-refractivity contribution in [3.63, 3.8) is 0 Å². The highest BCUT2D eigenvalue weighted by atomic mass is 16.5. The van der Waals surface area contributed by atoms with Crippen LogP contribution in [0.4, 0.5) is 0 Å². The number of imidazole rings is 1. The molecule has 2 rings (SSSR count). The molecule has 0 bridgehead atoms. The molecular formula is C13H18N4O2. The highest BCUT2D eigenvalue weighted by molar-refractivity contribution is 5.97. The van der Waals surface area contributed by atoms with Crippen molar-refractivity contribution in [1.82, 2.24) is 20.6 Å². The summed E-state index contributed by atoms with van der Waals surface area (Å²) in [7, 11) is 1.66. The van der Waals surface area contributed by atoms with Gasteiger partial charge in [0.2, 0.25) is 0 Å². The van der Waals surface area contributed by atoms with E-state index in [4.69, 9.17) is 4.74 Å². The Morgan fingerprint density at radius 2 is 2.26 bits per heavy atom. The highest BCUT2D eigenvalue weighted by Crippen LogP contribution is 2.11. The van der Waals surface area contributed by atoms with Crippen molar-refractivity contribution in [2.45, 2.75) is 0 Å². The van der Waals surface area contributed by atoms with Crippen LogP contribution < -0.4 is 10.6 Å². The van der Waals surface area contributed by atoms with E-state index in [1.165, 1.54) is 0 Å². The van der Waals surface area contributed by atoms with E-state index >= 15 is 0 Å². The van der Waals surface area contributed by atoms with Gasteiger partial charge in [-0.1, -0.05) is 0 Å². The lowest BCUT2D eigenvalue weighted by Crippen LogP contribution is -2.33. The first-order valence-corrected chi connectivity index (χ1v) is 6.22. The summed E-state index contributed by atoms with van der Waals surface area (Å²) in [5.41, 5.74) is 2.36. The van der Waals surface area contributed by atoms with Gasteiger partial charge in [-0.2, -0.15) is 0 Å². The Morgan fingerprint density at radius 1 is 1.37 bits per heavy atom. The molecule has 0 radical (unpaired) electrons. The van der Waals surface area contributed by atoms with E-state index < -0.39 is 0 Å². The monoisotopic (exact) mass is 262 g/mol. The van der Waals surface area contributed by atoms with Crippen LogP contribution in [-0.2, 0) is 4.74 Å². The van der Waals surface area contributed by atoms with E-state index in [9.17, 15) is 4.79 Å². The second kappa shape index (κ2) is 6.86. The Labute approximate surface area is 111 Å². The minimum Gasteiger partial charge on any atom is -0.383 e. The molecule has 19 heavy (non-hydrogen) atoms. The van der Waals surface area contributed by atoms with Crippen LogP contribution in [0, 0.1) is 0 Å². The van der Waals surface area contributed by atoms with Crippen molar-refractivity contribution < 1.29 is 9.53 Å². The lowest BCUT2D eigenvalue weighted by Gasteiger charge is -2.06. The Bertz CT molecular complexity index is 538. The molecule has 0 fully saturated rings. The molecule has 0 unspecified atom stereocenters. The van der Waals surface area contributed by atoms with Gasteiger partial charge < -0.3 is 20.4 Å². The number of aromatic nitrogens is 2. The Balaban J connectivity index is 1.79. The average molecular weight is 262 g/mol. The molecule has 0 spiro atoms. The maximum absolute atomic E-state index is 11.9. The lowest BCUT2D eigenvalue weighted by molar-refractivity contribution is 0.0954. The number of benzene rings is 1. The van der Waals surface area contributed by atoms with Gasteiger partial charge >= 0.3 is 0 Å². The van der Waals surface area contributed by atoms with Crippen molar-refractivity contribution in [3.05, 3.63) is 30.1 Å². The molecule has 0 saturated heterocycles. The van der Waals surface area contributed by atoms with Gasteiger partial charge in [0.15, 0.2) is 0 Å². The van der Waals surface area contributed by atoms with Gasteiger partial charge in [-0.3, -0.25) is 4.79 Å². The average Bonchev–Trinajstić information content (AvgIpc) is 2.89. The topological polar surface area (TPSA) is 79.0 Å². The highest BCUT2D eigenvalue weighted by Gasteiger charge is 2.06. The van der Waals surface area contributed by atoms with E-state index in [-0.39, 0.29) is 5.91 Å². The lowest BCUT2D eigenvalue weighted by atomic mass is 10.2. The number of hydrogen-bond acceptors (Lipinski definition) is 4. The molecule has 0 aliphatic heterocycles. The van der Waals surface area contributed by atoms with Crippen LogP contribution in [0.1, 0.15) is 10.4 Å². The Kier molecular flexibility index (Phi) is 4.88. The molecule has 0 aliphatic carbocycles. The number of nitrogens with zero attached hydrogens (tertiary/aromatic N) is 1. The number of H-pyrrole nitrogens is 1. The number of methoxy groups -OCH3 is 1. The molecule has 1 amide bonds. The summed E-state index contributed by atoms with van der Waals surface area (Å²) >= 11 is 0. The fourth-order valence-electron chi connectivity index (χ4n) is 1.74. The van der Waals surface area contributed by atoms with Crippen LogP contribution in [0.5, 0.6) is 0 Å². The summed E-state index contributed by atoms with van der Waals surface area (Å²) in [6.07, 6.45) is 1.62. The molecule has 6 heteroatoms. The SMILES string of the molecule is COCCNCCNC(=O)c1ccc2nc[nH]c2c1. The summed E-state index contributed by atoms with van der Waals surface area (Å²) in [6.45, 7) is 2.77. The summed E-state index contributed by atoms with van der Waals surface area (Å²) in [4.78, 5) is 19.0. The zero-order valence-corrected chi connectivity index (χ0v) is 10.9. The second-order valence-corrected chi connectivity index (χ2v) is 4.13. The van der Waals surface area contributed by atoms with Crippen molar-refractivity contribution in [2.24, 2.45) is 0 Å². The van der Waals surface area contributed by atoms with E-state index in [0.717, 1.165) is 24.1 Å². The van der Waals surface area contributed by atoms with Gasteiger partial charge in [0, 0.05) is 32.3 Å². The largest absolute Gasteiger partial charge is 0.383 e. The summed E-state index contributed by atoms with van der Waals surface area (Å²) < 4.78 is 4.91. The summed E-state index contributed by atoms with van der Waals surface area (Å²) in [6, 6.07) is 5.41. The third-order valence-electron chi connectivity index (χ3n) is 2.75. The van der Waals surface area contributed by atoms with E-state index in [1.54, 1.807) is 25.6 Å². The van der Waals surface area contributed by atoms with Gasteiger partial charge in [0.05, 0.1) is 24.0 Å². The fourth-order valence-corrected chi connectivity index (χ4v) is 1.74. The third-order valence-corrected chi connectivity index (χ3v) is 2.75. The molecule has 0 saturated carbocycles. The van der Waals surface area contributed by atoms with Crippen molar-refractivity contribution in [2.75, 3.05) is 33.4 Å². The normalized spacial score (nSPS) is 10.8. The minimum absolute atomic E-state index is 0.0787. The molecule has 2 aromatic rings. The van der Waals surface area contributed by atoms with Crippen LogP contribution in [0.25, 0.3) is 11.0 Å². The predicted octanol–water partition coefficient (Wildman–Crippen LogP) is 0.529. The molecule has 0 atom stereocenters. The van der Waals surface area contributed by atoms with Gasteiger partial charge in [0.25, 0.3) is 5.91 Å². The molecule has 1 aromatic heterocycles. The second-order valence-electron chi connectivity index (χ2n) is 4.13. The number of fused-ring (bicyclic) bond motifs is 1.